The van der Waals surface area contributed by atoms with Gasteiger partial charge in [-0.2, -0.15) is 5.26 Å². The number of carboxylic acid groups (broad SMARTS) is 1. The topological polar surface area (TPSA) is 105 Å². The molecule has 186 valence electrons. The van der Waals surface area contributed by atoms with E-state index >= 15 is 0 Å². The van der Waals surface area contributed by atoms with Gasteiger partial charge >= 0.3 is 11.3 Å². The molecule has 2 aromatic rings. The van der Waals surface area contributed by atoms with Crippen molar-refractivity contribution in [1.82, 2.24) is 0 Å². The third kappa shape index (κ3) is 7.62. The van der Waals surface area contributed by atoms with Crippen LogP contribution in [0.25, 0.3) is 0 Å². The summed E-state index contributed by atoms with van der Waals surface area (Å²) in [5.74, 6) is -0.0488. The van der Waals surface area contributed by atoms with E-state index in [0.717, 1.165) is 61.3 Å². The first-order valence-corrected chi connectivity index (χ1v) is 12.8. The third-order valence-corrected chi connectivity index (χ3v) is 6.63. The summed E-state index contributed by atoms with van der Waals surface area (Å²) in [4.78, 5) is 26.2. The molecule has 0 aromatic heterocycles. The summed E-state index contributed by atoms with van der Waals surface area (Å²) in [7, 11) is 0. The van der Waals surface area contributed by atoms with Gasteiger partial charge in [-0.25, -0.2) is 14.0 Å². The number of urea groups is 1. The van der Waals surface area contributed by atoms with Gasteiger partial charge in [-0.05, 0) is 66.4 Å². The van der Waals surface area contributed by atoms with Crippen LogP contribution < -0.4 is 15.5 Å². The minimum Gasteiger partial charge on any atom is -0.473 e. The van der Waals surface area contributed by atoms with Gasteiger partial charge < -0.3 is 20.6 Å². The number of rotatable bonds is 8. The van der Waals surface area contributed by atoms with Crippen molar-refractivity contribution in [3.63, 3.8) is 0 Å². The average Bonchev–Trinajstić information content (AvgIpc) is 2.83. The second kappa shape index (κ2) is 12.5. The zero-order valence-electron chi connectivity index (χ0n) is 20.0. The summed E-state index contributed by atoms with van der Waals surface area (Å²) >= 11 is 0.772. The van der Waals surface area contributed by atoms with Gasteiger partial charge in [0.2, 0.25) is 0 Å². The summed E-state index contributed by atoms with van der Waals surface area (Å²) in [5, 5.41) is 22.4. The highest BCUT2D eigenvalue weighted by molar-refractivity contribution is 8.12. The maximum Gasteiger partial charge on any atom is 0.365 e. The van der Waals surface area contributed by atoms with Crippen molar-refractivity contribution >= 4 is 40.2 Å². The Hall–Kier alpha value is -3.25. The Labute approximate surface area is 209 Å². The molecule has 0 bridgehead atoms. The molecule has 3 rings (SSSR count). The maximum absolute atomic E-state index is 14.3. The molecule has 1 aliphatic rings. The normalized spacial score (nSPS) is 13.8. The smallest absolute Gasteiger partial charge is 0.365 e. The van der Waals surface area contributed by atoms with Crippen LogP contribution in [0, 0.1) is 23.1 Å². The summed E-state index contributed by atoms with van der Waals surface area (Å²) in [6.07, 6.45) is 5.69. The van der Waals surface area contributed by atoms with E-state index in [4.69, 9.17) is 10.4 Å². The van der Waals surface area contributed by atoms with Crippen molar-refractivity contribution in [3.8, 4) is 6.07 Å². The van der Waals surface area contributed by atoms with Gasteiger partial charge in [0.25, 0.3) is 0 Å². The van der Waals surface area contributed by atoms with Gasteiger partial charge in [0.05, 0.1) is 28.7 Å². The summed E-state index contributed by atoms with van der Waals surface area (Å²) in [5.41, 5.74) is 2.30. The minimum atomic E-state index is -0.971. The highest BCUT2D eigenvalue weighted by Gasteiger charge is 2.25. The molecule has 0 atom stereocenters. The van der Waals surface area contributed by atoms with Crippen molar-refractivity contribution in [2.75, 3.05) is 22.1 Å². The van der Waals surface area contributed by atoms with Crippen LogP contribution in [0.5, 0.6) is 0 Å². The molecule has 35 heavy (non-hydrogen) atoms. The molecule has 1 aliphatic carbocycles. The Morgan fingerprint density at radius 2 is 1.86 bits per heavy atom. The van der Waals surface area contributed by atoms with Crippen molar-refractivity contribution in [2.24, 2.45) is 5.92 Å². The molecule has 0 radical (unpaired) electrons. The van der Waals surface area contributed by atoms with Crippen molar-refractivity contribution < 1.29 is 19.1 Å². The first kappa shape index (κ1) is 26.4. The zero-order valence-corrected chi connectivity index (χ0v) is 20.8. The monoisotopic (exact) mass is 498 g/mol. The molecule has 2 aromatic carbocycles. The fourth-order valence-electron chi connectivity index (χ4n) is 4.36. The molecule has 1 saturated carbocycles. The van der Waals surface area contributed by atoms with Gasteiger partial charge in [-0.1, -0.05) is 39.2 Å². The van der Waals surface area contributed by atoms with Gasteiger partial charge in [-0.15, -0.1) is 0 Å². The Morgan fingerprint density at radius 1 is 1.14 bits per heavy atom. The first-order chi connectivity index (χ1) is 16.8. The van der Waals surface area contributed by atoms with E-state index in [9.17, 15) is 14.0 Å². The predicted molar refractivity (Wildman–Crippen MR) is 139 cm³/mol. The fraction of sp³-hybridized carbons (Fsp3) is 0.423. The highest BCUT2D eigenvalue weighted by atomic mass is 32.2. The van der Waals surface area contributed by atoms with Gasteiger partial charge in [0.15, 0.2) is 0 Å². The summed E-state index contributed by atoms with van der Waals surface area (Å²) in [6.45, 7) is 5.12. The van der Waals surface area contributed by atoms with Gasteiger partial charge in [-0.3, -0.25) is 0 Å². The lowest BCUT2D eigenvalue weighted by molar-refractivity contribution is 0.222. The molecule has 9 heteroatoms. The van der Waals surface area contributed by atoms with E-state index in [1.165, 1.54) is 18.6 Å². The molecule has 2 amide bonds. The lowest BCUT2D eigenvalue weighted by Gasteiger charge is -2.38. The number of halogens is 1. The van der Waals surface area contributed by atoms with Crippen LogP contribution >= 0.6 is 11.8 Å². The van der Waals surface area contributed by atoms with Crippen LogP contribution in [0.2, 0.25) is 0 Å². The number of thioether (sulfide) groups is 1. The molecule has 0 heterocycles. The van der Waals surface area contributed by atoms with Crippen molar-refractivity contribution in [3.05, 3.63) is 53.3 Å². The number of anilines is 3. The van der Waals surface area contributed by atoms with Crippen LogP contribution in [-0.4, -0.2) is 29.0 Å². The van der Waals surface area contributed by atoms with E-state index in [-0.39, 0.29) is 17.0 Å². The molecule has 0 aliphatic heterocycles. The number of carbonyl (C=O) groups is 2. The minimum absolute atomic E-state index is 0.0352. The molecule has 1 fully saturated rings. The molecular weight excluding hydrogens is 467 g/mol. The number of nitrogens with one attached hydrogen (secondary N) is 2. The average molecular weight is 499 g/mol. The van der Waals surface area contributed by atoms with Crippen molar-refractivity contribution in [1.29, 1.82) is 5.26 Å². The van der Waals surface area contributed by atoms with Crippen LogP contribution in [0.1, 0.15) is 57.1 Å². The lowest BCUT2D eigenvalue weighted by Crippen LogP contribution is -2.40. The predicted octanol–water partition coefficient (Wildman–Crippen LogP) is 7.05. The van der Waals surface area contributed by atoms with Crippen molar-refractivity contribution in [2.45, 2.75) is 57.7 Å². The van der Waals surface area contributed by atoms with Crippen LogP contribution in [0.3, 0.4) is 0 Å². The van der Waals surface area contributed by atoms with E-state index in [1.807, 2.05) is 18.2 Å². The number of amides is 2. The number of nitrogens with zero attached hydrogens (tertiary/aromatic N) is 2. The fourth-order valence-corrected chi connectivity index (χ4v) is 4.83. The van der Waals surface area contributed by atoms with Gasteiger partial charge in [0.1, 0.15) is 5.82 Å². The van der Waals surface area contributed by atoms with E-state index < -0.39 is 17.1 Å². The Balaban J connectivity index is 1.90. The molecule has 0 spiro atoms. The van der Waals surface area contributed by atoms with E-state index in [1.54, 1.807) is 6.07 Å². The van der Waals surface area contributed by atoms with E-state index in [0.29, 0.717) is 17.6 Å². The number of hydrogen-bond acceptors (Lipinski definition) is 5. The standard InChI is InChI=1S/C26H31FN4O3S/c1-17(2)15-31(20-6-4-3-5-7-20)24-11-9-19(16-35-26(33)34)13-23(24)30-25(32)29-22-10-8-18(14-28)12-21(22)27/h8-13,17,20H,3-7,15-16H2,1-2H3,(H,33,34)(H2,29,30,32). The molecule has 0 saturated heterocycles. The van der Waals surface area contributed by atoms with Crippen LogP contribution in [0.4, 0.5) is 31.0 Å². The highest BCUT2D eigenvalue weighted by Crippen LogP contribution is 2.35. The third-order valence-electron chi connectivity index (χ3n) is 5.90. The molecule has 7 nitrogen and oxygen atoms in total. The maximum atomic E-state index is 14.3. The molecule has 3 N–H and O–H groups in total. The van der Waals surface area contributed by atoms with Gasteiger partial charge in [0, 0.05) is 18.3 Å². The summed E-state index contributed by atoms with van der Waals surface area (Å²) in [6, 6.07) is 11.1. The lowest BCUT2D eigenvalue weighted by atomic mass is 9.93. The quantitative estimate of drug-likeness (QED) is 0.360. The van der Waals surface area contributed by atoms with Crippen LogP contribution in [-0.2, 0) is 5.75 Å². The second-order valence-electron chi connectivity index (χ2n) is 9.13. The SMILES string of the molecule is CC(C)CN(c1ccc(CSC(=O)O)cc1NC(=O)Nc1ccc(C#N)cc1F)C1CCCCC1. The van der Waals surface area contributed by atoms with E-state index in [2.05, 4.69) is 29.4 Å². The second-order valence-corrected chi connectivity index (χ2v) is 10.1. The number of carbonyl (C=O) groups excluding carboxylic acids is 1. The molecular formula is C26H31FN4O3S. The summed E-state index contributed by atoms with van der Waals surface area (Å²) < 4.78 is 14.3. The number of hydrogen-bond donors (Lipinski definition) is 3. The number of nitriles is 1. The Morgan fingerprint density at radius 3 is 2.49 bits per heavy atom. The largest absolute Gasteiger partial charge is 0.473 e. The zero-order chi connectivity index (χ0) is 25.4. The first-order valence-electron chi connectivity index (χ1n) is 11.8. The molecule has 0 unspecified atom stereocenters. The van der Waals surface area contributed by atoms with Crippen LogP contribution in [0.15, 0.2) is 36.4 Å². The number of benzene rings is 2. The Kier molecular flexibility index (Phi) is 9.38. The Bertz CT molecular complexity index is 1100.